The molecular formula is C11H19NO2. The predicted molar refractivity (Wildman–Crippen MR) is 57.0 cm³/mol. The summed E-state index contributed by atoms with van der Waals surface area (Å²) in [4.78, 5) is 23.6. The van der Waals surface area contributed by atoms with Crippen molar-refractivity contribution in [2.45, 2.75) is 39.7 Å². The van der Waals surface area contributed by atoms with Gasteiger partial charge < -0.3 is 4.90 Å². The highest BCUT2D eigenvalue weighted by Crippen LogP contribution is 2.17. The van der Waals surface area contributed by atoms with Gasteiger partial charge in [0.1, 0.15) is 0 Å². The fraction of sp³-hybridized carbons (Fsp3) is 0.636. The average Bonchev–Trinajstić information content (AvgIpc) is 2.52. The summed E-state index contributed by atoms with van der Waals surface area (Å²) < 4.78 is 0. The van der Waals surface area contributed by atoms with Crippen LogP contribution in [0.3, 0.4) is 0 Å². The lowest BCUT2D eigenvalue weighted by atomic mass is 10.1. The van der Waals surface area contributed by atoms with Crippen molar-refractivity contribution in [2.75, 3.05) is 6.54 Å². The molecule has 80 valence electrons. The standard InChI is InChI=1S/C8H13NO2.C3H6/c1-6(10)8-4-3-5-9(8)7(2)11;1-3-2/h8H,3-5H2,1-2H3;3H,1H2,2H3. The zero-order valence-corrected chi connectivity index (χ0v) is 9.25. The van der Waals surface area contributed by atoms with Gasteiger partial charge in [-0.2, -0.15) is 0 Å². The monoisotopic (exact) mass is 197 g/mol. The van der Waals surface area contributed by atoms with Gasteiger partial charge in [-0.05, 0) is 26.7 Å². The van der Waals surface area contributed by atoms with Gasteiger partial charge in [-0.25, -0.2) is 0 Å². The Bertz CT molecular complexity index is 203. The van der Waals surface area contributed by atoms with Crippen LogP contribution in [-0.4, -0.2) is 29.2 Å². The van der Waals surface area contributed by atoms with Crippen molar-refractivity contribution in [3.05, 3.63) is 12.7 Å². The summed E-state index contributed by atoms with van der Waals surface area (Å²) in [5.41, 5.74) is 0. The molecule has 0 aromatic heterocycles. The highest BCUT2D eigenvalue weighted by molar-refractivity contribution is 5.87. The fourth-order valence-electron chi connectivity index (χ4n) is 1.57. The summed E-state index contributed by atoms with van der Waals surface area (Å²) in [7, 11) is 0. The van der Waals surface area contributed by atoms with Gasteiger partial charge in [0.15, 0.2) is 5.78 Å². The number of Topliss-reactive ketones (excluding diaryl/α,β-unsaturated/α-hetero) is 1. The van der Waals surface area contributed by atoms with E-state index >= 15 is 0 Å². The van der Waals surface area contributed by atoms with Crippen LogP contribution in [0, 0.1) is 0 Å². The first-order chi connectivity index (χ1) is 6.54. The number of amides is 1. The van der Waals surface area contributed by atoms with Crippen LogP contribution in [-0.2, 0) is 9.59 Å². The Balaban J connectivity index is 0.000000500. The minimum Gasteiger partial charge on any atom is -0.333 e. The molecule has 0 aliphatic carbocycles. The third-order valence-electron chi connectivity index (χ3n) is 2.13. The van der Waals surface area contributed by atoms with Gasteiger partial charge in [-0.1, -0.05) is 6.08 Å². The summed E-state index contributed by atoms with van der Waals surface area (Å²) in [5, 5.41) is 0. The second-order valence-corrected chi connectivity index (χ2v) is 3.39. The van der Waals surface area contributed by atoms with Gasteiger partial charge in [0.25, 0.3) is 0 Å². The number of hydrogen-bond donors (Lipinski definition) is 0. The lowest BCUT2D eigenvalue weighted by Gasteiger charge is -2.20. The quantitative estimate of drug-likeness (QED) is 0.601. The number of likely N-dealkylation sites (tertiary alicyclic amines) is 1. The summed E-state index contributed by atoms with van der Waals surface area (Å²) in [6, 6.07) is -0.132. The smallest absolute Gasteiger partial charge is 0.220 e. The molecule has 1 heterocycles. The molecule has 0 aromatic carbocycles. The molecule has 3 heteroatoms. The van der Waals surface area contributed by atoms with Crippen molar-refractivity contribution in [3.8, 4) is 0 Å². The number of hydrogen-bond acceptors (Lipinski definition) is 2. The van der Waals surface area contributed by atoms with Crippen molar-refractivity contribution in [1.29, 1.82) is 0 Å². The number of carbonyl (C=O) groups is 2. The van der Waals surface area contributed by atoms with Crippen molar-refractivity contribution >= 4 is 11.7 Å². The van der Waals surface area contributed by atoms with Crippen molar-refractivity contribution < 1.29 is 9.59 Å². The molecule has 1 unspecified atom stereocenters. The van der Waals surface area contributed by atoms with Crippen LogP contribution >= 0.6 is 0 Å². The maximum Gasteiger partial charge on any atom is 0.220 e. The number of ketones is 1. The molecule has 1 atom stereocenters. The van der Waals surface area contributed by atoms with Crippen LogP contribution in [0.25, 0.3) is 0 Å². The molecule has 0 N–H and O–H groups in total. The Morgan fingerprint density at radius 1 is 1.43 bits per heavy atom. The molecule has 1 fully saturated rings. The minimum atomic E-state index is -0.132. The molecule has 1 rings (SSSR count). The summed E-state index contributed by atoms with van der Waals surface area (Å²) in [6.45, 7) is 9.06. The van der Waals surface area contributed by atoms with Gasteiger partial charge >= 0.3 is 0 Å². The lowest BCUT2D eigenvalue weighted by molar-refractivity contribution is -0.135. The zero-order valence-electron chi connectivity index (χ0n) is 9.25. The SMILES string of the molecule is C=CC.CC(=O)C1CCCN1C(C)=O. The van der Waals surface area contributed by atoms with E-state index in [9.17, 15) is 9.59 Å². The van der Waals surface area contributed by atoms with E-state index in [0.29, 0.717) is 0 Å². The molecule has 14 heavy (non-hydrogen) atoms. The second-order valence-electron chi connectivity index (χ2n) is 3.39. The number of carbonyl (C=O) groups excluding carboxylic acids is 2. The van der Waals surface area contributed by atoms with E-state index in [2.05, 4.69) is 6.58 Å². The van der Waals surface area contributed by atoms with Crippen LogP contribution in [0.2, 0.25) is 0 Å². The van der Waals surface area contributed by atoms with Crippen LogP contribution in [0.1, 0.15) is 33.6 Å². The van der Waals surface area contributed by atoms with E-state index < -0.39 is 0 Å². The topological polar surface area (TPSA) is 37.4 Å². The lowest BCUT2D eigenvalue weighted by Crippen LogP contribution is -2.37. The van der Waals surface area contributed by atoms with Gasteiger partial charge in [-0.3, -0.25) is 9.59 Å². The number of nitrogens with zero attached hydrogens (tertiary/aromatic N) is 1. The van der Waals surface area contributed by atoms with Crippen LogP contribution < -0.4 is 0 Å². The normalized spacial score (nSPS) is 19.6. The molecule has 3 nitrogen and oxygen atoms in total. The largest absolute Gasteiger partial charge is 0.333 e. The predicted octanol–water partition coefficient (Wildman–Crippen LogP) is 1.78. The Hall–Kier alpha value is -1.12. The molecule has 0 radical (unpaired) electrons. The van der Waals surface area contributed by atoms with E-state index in [-0.39, 0.29) is 17.7 Å². The summed E-state index contributed by atoms with van der Waals surface area (Å²) in [5.74, 6) is 0.125. The molecule has 1 aliphatic rings. The van der Waals surface area contributed by atoms with Gasteiger partial charge in [-0.15, -0.1) is 6.58 Å². The highest BCUT2D eigenvalue weighted by atomic mass is 16.2. The van der Waals surface area contributed by atoms with Crippen molar-refractivity contribution in [1.82, 2.24) is 4.90 Å². The highest BCUT2D eigenvalue weighted by Gasteiger charge is 2.29. The van der Waals surface area contributed by atoms with Gasteiger partial charge in [0.05, 0.1) is 6.04 Å². The first-order valence-electron chi connectivity index (χ1n) is 4.89. The van der Waals surface area contributed by atoms with E-state index in [0.717, 1.165) is 19.4 Å². The molecule has 0 aromatic rings. The van der Waals surface area contributed by atoms with E-state index in [1.54, 1.807) is 17.9 Å². The zero-order chi connectivity index (χ0) is 11.1. The van der Waals surface area contributed by atoms with E-state index in [1.807, 2.05) is 6.92 Å². The Morgan fingerprint density at radius 3 is 2.21 bits per heavy atom. The molecule has 0 bridgehead atoms. The molecule has 0 spiro atoms. The molecule has 1 saturated heterocycles. The fourth-order valence-corrected chi connectivity index (χ4v) is 1.57. The third-order valence-corrected chi connectivity index (χ3v) is 2.13. The van der Waals surface area contributed by atoms with Crippen LogP contribution in [0.4, 0.5) is 0 Å². The van der Waals surface area contributed by atoms with Crippen molar-refractivity contribution in [3.63, 3.8) is 0 Å². The Kier molecular flexibility index (Phi) is 5.84. The van der Waals surface area contributed by atoms with E-state index in [1.165, 1.54) is 6.92 Å². The van der Waals surface area contributed by atoms with Crippen LogP contribution in [0.15, 0.2) is 12.7 Å². The van der Waals surface area contributed by atoms with Gasteiger partial charge in [0.2, 0.25) is 5.91 Å². The van der Waals surface area contributed by atoms with Crippen molar-refractivity contribution in [2.24, 2.45) is 0 Å². The molecule has 0 saturated carbocycles. The number of rotatable bonds is 1. The first-order valence-corrected chi connectivity index (χ1v) is 4.89. The molecule has 1 amide bonds. The Morgan fingerprint density at radius 2 is 1.93 bits per heavy atom. The van der Waals surface area contributed by atoms with Gasteiger partial charge in [0, 0.05) is 13.5 Å². The maximum absolute atomic E-state index is 11.0. The third kappa shape index (κ3) is 3.73. The maximum atomic E-state index is 11.0. The van der Waals surface area contributed by atoms with Crippen LogP contribution in [0.5, 0.6) is 0 Å². The number of allylic oxidation sites excluding steroid dienone is 1. The molecular weight excluding hydrogens is 178 g/mol. The minimum absolute atomic E-state index is 0.0164. The average molecular weight is 197 g/mol. The summed E-state index contributed by atoms with van der Waals surface area (Å²) >= 11 is 0. The Labute approximate surface area is 85.8 Å². The first kappa shape index (κ1) is 12.9. The molecule has 1 aliphatic heterocycles. The van der Waals surface area contributed by atoms with E-state index in [4.69, 9.17) is 0 Å². The summed E-state index contributed by atoms with van der Waals surface area (Å²) in [6.07, 6.45) is 3.55. The second kappa shape index (κ2) is 6.35.